The summed E-state index contributed by atoms with van der Waals surface area (Å²) in [5, 5.41) is 62.3. The smallest absolute Gasteiger partial charge is 0.288 e. The number of nitrogens with zero attached hydrogens (tertiary/aromatic N) is 3. The largest absolute Gasteiger partial charge is 0.394 e. The van der Waals surface area contributed by atoms with Gasteiger partial charge in [-0.2, -0.15) is 0 Å². The summed E-state index contributed by atoms with van der Waals surface area (Å²) in [6.45, 7) is -1.17. The van der Waals surface area contributed by atoms with Gasteiger partial charge < -0.3 is 45.8 Å². The van der Waals surface area contributed by atoms with Crippen LogP contribution in [0.5, 0.6) is 0 Å². The predicted molar refractivity (Wildman–Crippen MR) is 78.3 cm³/mol. The first-order chi connectivity index (χ1) is 12.3. The highest BCUT2D eigenvalue weighted by molar-refractivity contribution is 5.88. The van der Waals surface area contributed by atoms with Crippen LogP contribution in [-0.4, -0.2) is 101 Å². The van der Waals surface area contributed by atoms with E-state index in [1.54, 1.807) is 0 Å². The number of hydrogen-bond acceptors (Lipinski definition) is 11. The minimum atomic E-state index is -1.54. The van der Waals surface area contributed by atoms with Gasteiger partial charge in [-0.3, -0.25) is 4.79 Å². The van der Waals surface area contributed by atoms with Gasteiger partial charge >= 0.3 is 0 Å². The zero-order chi connectivity index (χ0) is 19.2. The van der Waals surface area contributed by atoms with Crippen LogP contribution in [0.25, 0.3) is 0 Å². The van der Waals surface area contributed by atoms with Gasteiger partial charge in [0.25, 0.3) is 5.91 Å². The summed E-state index contributed by atoms with van der Waals surface area (Å²) in [6.07, 6.45) is -10.8. The van der Waals surface area contributed by atoms with Crippen LogP contribution in [0.3, 0.4) is 0 Å². The molecule has 2 aliphatic rings. The molecule has 0 aliphatic carbocycles. The van der Waals surface area contributed by atoms with Gasteiger partial charge in [0.05, 0.1) is 13.2 Å². The van der Waals surface area contributed by atoms with Crippen LogP contribution < -0.4 is 5.73 Å². The predicted octanol–water partition coefficient (Wildman–Crippen LogP) is -4.86. The second-order valence-electron chi connectivity index (χ2n) is 6.09. The molecule has 2 fully saturated rings. The highest BCUT2D eigenvalue weighted by atomic mass is 16.6. The van der Waals surface area contributed by atoms with E-state index in [9.17, 15) is 35.4 Å². The average Bonchev–Trinajstić information content (AvgIpc) is 3.25. The molecule has 3 heterocycles. The number of nitrogens with two attached hydrogens (primary N) is 1. The van der Waals surface area contributed by atoms with Gasteiger partial charge in [0.1, 0.15) is 42.7 Å². The van der Waals surface area contributed by atoms with Crippen LogP contribution in [-0.2, 0) is 9.47 Å². The van der Waals surface area contributed by atoms with Gasteiger partial charge in [0.15, 0.2) is 12.1 Å². The summed E-state index contributed by atoms with van der Waals surface area (Å²) in [5.74, 6) is -1.70. The monoisotopic (exact) mass is 376 g/mol. The Balaban J connectivity index is 2.00. The Morgan fingerprint density at radius 1 is 1.00 bits per heavy atom. The number of carbonyl (C=O) groups excluding carboxylic acids is 1. The van der Waals surface area contributed by atoms with Gasteiger partial charge in [0.2, 0.25) is 5.82 Å². The van der Waals surface area contributed by atoms with E-state index in [1.165, 1.54) is 0 Å². The number of carbonyl (C=O) groups is 1. The van der Waals surface area contributed by atoms with Crippen LogP contribution in [0, 0.1) is 0 Å². The Hall–Kier alpha value is -1.71. The van der Waals surface area contributed by atoms with E-state index in [4.69, 9.17) is 15.2 Å². The minimum absolute atomic E-state index is 0.212. The second kappa shape index (κ2) is 7.13. The molecule has 0 radical (unpaired) electrons. The van der Waals surface area contributed by atoms with Gasteiger partial charge in [-0.25, -0.2) is 9.67 Å². The second-order valence-corrected chi connectivity index (χ2v) is 6.09. The third-order valence-corrected chi connectivity index (χ3v) is 4.43. The van der Waals surface area contributed by atoms with E-state index in [0.29, 0.717) is 0 Å². The number of aliphatic hydroxyl groups is 6. The van der Waals surface area contributed by atoms with E-state index in [2.05, 4.69) is 10.1 Å². The highest BCUT2D eigenvalue weighted by Crippen LogP contribution is 2.36. The molecule has 2 aliphatic heterocycles. The molecule has 2 saturated heterocycles. The Kier molecular flexibility index (Phi) is 5.23. The Labute approximate surface area is 146 Å². The first-order valence-corrected chi connectivity index (χ1v) is 7.81. The van der Waals surface area contributed by atoms with Crippen LogP contribution >= 0.6 is 0 Å². The third kappa shape index (κ3) is 2.97. The summed E-state index contributed by atoms with van der Waals surface area (Å²) >= 11 is 0. The number of ether oxygens (including phenoxy) is 2. The number of primary amides is 1. The van der Waals surface area contributed by atoms with E-state index in [-0.39, 0.29) is 5.82 Å². The molecule has 0 saturated carbocycles. The van der Waals surface area contributed by atoms with Gasteiger partial charge in [0, 0.05) is 0 Å². The quantitative estimate of drug-likeness (QED) is 0.259. The van der Waals surface area contributed by atoms with Crippen LogP contribution in [0.15, 0.2) is 0 Å². The first-order valence-electron chi connectivity index (χ1n) is 7.81. The molecule has 1 aromatic rings. The summed E-state index contributed by atoms with van der Waals surface area (Å²) in [5.41, 5.74) is 5.16. The van der Waals surface area contributed by atoms with Crippen molar-refractivity contribution >= 4 is 5.91 Å². The van der Waals surface area contributed by atoms with Crippen molar-refractivity contribution in [2.24, 2.45) is 5.73 Å². The molecule has 0 aromatic carbocycles. The molecule has 1 aromatic heterocycles. The molecular weight excluding hydrogens is 356 g/mol. The molecule has 146 valence electrons. The fourth-order valence-corrected chi connectivity index (χ4v) is 3.02. The van der Waals surface area contributed by atoms with E-state index < -0.39 is 73.9 Å². The maximum Gasteiger partial charge on any atom is 0.288 e. The molecule has 8 atom stereocenters. The zero-order valence-electron chi connectivity index (χ0n) is 13.4. The molecule has 0 bridgehead atoms. The van der Waals surface area contributed by atoms with Gasteiger partial charge in [-0.15, -0.1) is 5.10 Å². The van der Waals surface area contributed by atoms with Crippen LogP contribution in [0.1, 0.15) is 28.8 Å². The summed E-state index contributed by atoms with van der Waals surface area (Å²) in [6, 6.07) is 0. The van der Waals surface area contributed by atoms with Gasteiger partial charge in [-0.1, -0.05) is 0 Å². The van der Waals surface area contributed by atoms with Crippen molar-refractivity contribution in [3.05, 3.63) is 11.6 Å². The number of aromatic nitrogens is 3. The van der Waals surface area contributed by atoms with Crippen LogP contribution in [0.4, 0.5) is 0 Å². The standard InChI is InChI=1S/C13H20N4O9/c14-10(24)11-15-12(9-7(22)5(20)3(1-18)25-9)17(16-11)13-8(23)6(21)4(2-19)26-13/h3-9,13,18-23H,1-2H2,(H2,14,24)/t3-,4-,5-,6-,7-,8-,9?,13?/m1/s1. The number of aliphatic hydroxyl groups excluding tert-OH is 6. The lowest BCUT2D eigenvalue weighted by Crippen LogP contribution is -2.34. The fourth-order valence-electron chi connectivity index (χ4n) is 3.02. The highest BCUT2D eigenvalue weighted by Gasteiger charge is 2.49. The van der Waals surface area contributed by atoms with Crippen molar-refractivity contribution in [1.29, 1.82) is 0 Å². The lowest BCUT2D eigenvalue weighted by Gasteiger charge is -2.20. The molecule has 13 heteroatoms. The lowest BCUT2D eigenvalue weighted by atomic mass is 10.1. The van der Waals surface area contributed by atoms with Crippen molar-refractivity contribution < 1.29 is 44.9 Å². The first kappa shape index (κ1) is 19.1. The SMILES string of the molecule is NC(=O)c1nc(C2O[C@H](CO)[C@@H](O)[C@H]2O)n(C2O[C@H](CO)[C@@H](O)[C@H]2O)n1. The van der Waals surface area contributed by atoms with Gasteiger partial charge in [-0.05, 0) is 0 Å². The van der Waals surface area contributed by atoms with E-state index in [1.807, 2.05) is 0 Å². The van der Waals surface area contributed by atoms with E-state index >= 15 is 0 Å². The number of hydrogen-bond donors (Lipinski definition) is 7. The van der Waals surface area contributed by atoms with Crippen molar-refractivity contribution in [3.8, 4) is 0 Å². The molecule has 1 amide bonds. The summed E-state index contributed by atoms with van der Waals surface area (Å²) in [7, 11) is 0. The minimum Gasteiger partial charge on any atom is -0.394 e. The molecule has 8 N–H and O–H groups in total. The van der Waals surface area contributed by atoms with Crippen molar-refractivity contribution in [1.82, 2.24) is 14.8 Å². The van der Waals surface area contributed by atoms with Crippen molar-refractivity contribution in [2.75, 3.05) is 13.2 Å². The maximum absolute atomic E-state index is 11.4. The normalized spacial score (nSPS) is 40.2. The Morgan fingerprint density at radius 3 is 2.08 bits per heavy atom. The number of amides is 1. The molecule has 0 spiro atoms. The molecule has 13 nitrogen and oxygen atoms in total. The zero-order valence-corrected chi connectivity index (χ0v) is 13.4. The Morgan fingerprint density at radius 2 is 1.58 bits per heavy atom. The summed E-state index contributed by atoms with van der Waals surface area (Å²) in [4.78, 5) is 15.3. The number of rotatable bonds is 5. The molecule has 2 unspecified atom stereocenters. The van der Waals surface area contributed by atoms with Crippen molar-refractivity contribution in [3.63, 3.8) is 0 Å². The van der Waals surface area contributed by atoms with Crippen molar-refractivity contribution in [2.45, 2.75) is 49.0 Å². The maximum atomic E-state index is 11.4. The Bertz CT molecular complexity index is 623. The lowest BCUT2D eigenvalue weighted by molar-refractivity contribution is -0.0699. The van der Waals surface area contributed by atoms with Crippen LogP contribution in [0.2, 0.25) is 0 Å². The summed E-state index contributed by atoms with van der Waals surface area (Å²) < 4.78 is 11.6. The molecular formula is C13H20N4O9. The molecule has 26 heavy (non-hydrogen) atoms. The average molecular weight is 376 g/mol. The molecule has 3 rings (SSSR count). The van der Waals surface area contributed by atoms with E-state index in [0.717, 1.165) is 4.68 Å². The topological polar surface area (TPSA) is 214 Å². The fraction of sp³-hybridized carbons (Fsp3) is 0.769. The third-order valence-electron chi connectivity index (χ3n) is 4.43.